The van der Waals surface area contributed by atoms with Gasteiger partial charge in [-0.1, -0.05) is 52.8 Å². The van der Waals surface area contributed by atoms with Crippen LogP contribution >= 0.6 is 0 Å². The Bertz CT molecular complexity index is 1520. The molecule has 7 aliphatic rings. The third kappa shape index (κ3) is 6.23. The minimum absolute atomic E-state index is 0.0225. The first-order chi connectivity index (χ1) is 25.7. The highest BCUT2D eigenvalue weighted by molar-refractivity contribution is 5.76. The molecule has 0 amide bonds. The first kappa shape index (κ1) is 41.6. The maximum absolute atomic E-state index is 13.0. The third-order valence-electron chi connectivity index (χ3n) is 16.4. The average molecular weight is 781 g/mol. The van der Waals surface area contributed by atoms with Crippen molar-refractivity contribution in [3.05, 3.63) is 23.8 Å². The van der Waals surface area contributed by atoms with Crippen molar-refractivity contribution in [1.29, 1.82) is 0 Å². The largest absolute Gasteiger partial charge is 0.481 e. The Morgan fingerprint density at radius 2 is 1.40 bits per heavy atom. The molecular weight excluding hydrogens is 716 g/mol. The van der Waals surface area contributed by atoms with Crippen LogP contribution in [0.5, 0.6) is 0 Å². The number of allylic oxidation sites excluding steroid dienone is 2. The summed E-state index contributed by atoms with van der Waals surface area (Å²) < 4.78 is 23.7. The number of hydrogen-bond acceptors (Lipinski definition) is 13. The summed E-state index contributed by atoms with van der Waals surface area (Å²) in [5.74, 6) is -0.624. The SMILES string of the molecule is C=C1[C@@H](O[C@@H]2O[C@H](CO)[C@@H](O)[C@H](O)[C@H]2O[C@@H]2O[C@H](CO)[C@@H](O)[C@H](O)[C@H]2O)[C@@H](O)C[C@]2(C)[C@H]3CC=C4[C@@H]5CC(C)(C)CC[C@]5(C(=O)O)CC[C@@]4(C)[C@]3(C)CC[C@@H]12. The number of carboxylic acid groups (broad SMARTS) is 1. The quantitative estimate of drug-likeness (QED) is 0.131. The van der Waals surface area contributed by atoms with Gasteiger partial charge in [-0.15, -0.1) is 0 Å². The summed E-state index contributed by atoms with van der Waals surface area (Å²) in [5, 5.41) is 95.7. The second-order valence-electron chi connectivity index (χ2n) is 19.6. The van der Waals surface area contributed by atoms with Crippen LogP contribution in [0, 0.1) is 44.8 Å². The highest BCUT2D eigenvalue weighted by Gasteiger charge is 2.69. The number of aliphatic hydroxyl groups excluding tert-OH is 8. The van der Waals surface area contributed by atoms with E-state index in [1.807, 2.05) is 0 Å². The van der Waals surface area contributed by atoms with Crippen LogP contribution < -0.4 is 0 Å². The summed E-state index contributed by atoms with van der Waals surface area (Å²) in [7, 11) is 0. The molecule has 2 saturated heterocycles. The molecule has 0 unspecified atom stereocenters. The van der Waals surface area contributed by atoms with Crippen molar-refractivity contribution < 1.29 is 69.7 Å². The van der Waals surface area contributed by atoms with Crippen molar-refractivity contribution >= 4 is 5.97 Å². The smallest absolute Gasteiger partial charge is 0.310 e. The van der Waals surface area contributed by atoms with E-state index in [1.54, 1.807) is 0 Å². The number of aliphatic carboxylic acids is 1. The van der Waals surface area contributed by atoms with Gasteiger partial charge in [0.1, 0.15) is 54.9 Å². The molecule has 0 aromatic rings. The van der Waals surface area contributed by atoms with Crippen LogP contribution in [0.15, 0.2) is 23.8 Å². The van der Waals surface area contributed by atoms with Crippen LogP contribution in [0.1, 0.15) is 92.4 Å². The molecule has 0 bridgehead atoms. The molecule has 0 aromatic heterocycles. The zero-order chi connectivity index (χ0) is 40.2. The standard InChI is InChI=1S/C41H64O14/c1-19-20-9-10-40(6)26(8-7-21-22-15-37(2,3)11-13-41(22,36(50)51)14-12-39(21,40)5)38(20,4)16-23(44)32(19)54-35-33(30(48)28(46)25(18-43)53-35)55-34-31(49)29(47)27(45)24(17-42)52-34/h7,20,22-35,42-49H,1,8-18H2,2-6H3,(H,50,51)/t20-,22-,23-,24+,25+,26+,27+,28+,29-,30-,31+,32+,33+,34-,35-,38-,39+,40+,41-/m0/s1. The van der Waals surface area contributed by atoms with Crippen LogP contribution in [-0.4, -0.2) is 139 Å². The Morgan fingerprint density at radius 3 is 2.04 bits per heavy atom. The molecule has 0 radical (unpaired) electrons. The van der Waals surface area contributed by atoms with Gasteiger partial charge in [-0.25, -0.2) is 0 Å². The fraction of sp³-hybridized carbons (Fsp3) is 0.878. The van der Waals surface area contributed by atoms with Crippen molar-refractivity contribution in [2.24, 2.45) is 44.8 Å². The Kier molecular flexibility index (Phi) is 10.8. The molecule has 0 spiro atoms. The molecule has 55 heavy (non-hydrogen) atoms. The van der Waals surface area contributed by atoms with E-state index < -0.39 is 104 Å². The van der Waals surface area contributed by atoms with Crippen LogP contribution in [0.4, 0.5) is 0 Å². The third-order valence-corrected chi connectivity index (χ3v) is 16.4. The molecule has 312 valence electrons. The molecule has 14 heteroatoms. The van der Waals surface area contributed by atoms with Gasteiger partial charge in [0.15, 0.2) is 12.6 Å². The van der Waals surface area contributed by atoms with Gasteiger partial charge < -0.3 is 64.9 Å². The minimum atomic E-state index is -1.81. The maximum Gasteiger partial charge on any atom is 0.310 e. The van der Waals surface area contributed by atoms with E-state index in [-0.39, 0.29) is 34.0 Å². The van der Waals surface area contributed by atoms with Gasteiger partial charge in [-0.05, 0) is 103 Å². The summed E-state index contributed by atoms with van der Waals surface area (Å²) in [5.41, 5.74) is 0.471. The van der Waals surface area contributed by atoms with E-state index in [0.29, 0.717) is 24.8 Å². The van der Waals surface area contributed by atoms with Gasteiger partial charge in [0, 0.05) is 0 Å². The predicted octanol–water partition coefficient (Wildman–Crippen LogP) is 1.38. The highest BCUT2D eigenvalue weighted by atomic mass is 16.8. The molecule has 9 N–H and O–H groups in total. The first-order valence-electron chi connectivity index (χ1n) is 20.2. The summed E-state index contributed by atoms with van der Waals surface area (Å²) in [6.07, 6.45) is -9.10. The summed E-state index contributed by atoms with van der Waals surface area (Å²) >= 11 is 0. The fourth-order valence-corrected chi connectivity index (χ4v) is 12.9. The molecule has 14 nitrogen and oxygen atoms in total. The molecule has 6 fully saturated rings. The minimum Gasteiger partial charge on any atom is -0.481 e. The van der Waals surface area contributed by atoms with Gasteiger partial charge in [0.2, 0.25) is 0 Å². The molecule has 7 rings (SSSR count). The average Bonchev–Trinajstić information content (AvgIpc) is 3.12. The monoisotopic (exact) mass is 780 g/mol. The number of fused-ring (bicyclic) bond motifs is 7. The topological polar surface area (TPSA) is 236 Å². The number of aliphatic hydroxyl groups is 8. The number of ether oxygens (including phenoxy) is 4. The maximum atomic E-state index is 13.0. The van der Waals surface area contributed by atoms with Crippen LogP contribution in [0.3, 0.4) is 0 Å². The predicted molar refractivity (Wildman–Crippen MR) is 195 cm³/mol. The van der Waals surface area contributed by atoms with Gasteiger partial charge in [-0.3, -0.25) is 4.79 Å². The molecule has 19 atom stereocenters. The van der Waals surface area contributed by atoms with Crippen molar-refractivity contribution in [3.63, 3.8) is 0 Å². The molecular formula is C41H64O14. The zero-order valence-electron chi connectivity index (χ0n) is 32.8. The van der Waals surface area contributed by atoms with E-state index in [0.717, 1.165) is 38.5 Å². The molecule has 2 aliphatic heterocycles. The lowest BCUT2D eigenvalue weighted by Crippen LogP contribution is -2.66. The van der Waals surface area contributed by atoms with E-state index in [1.165, 1.54) is 5.57 Å². The summed E-state index contributed by atoms with van der Waals surface area (Å²) in [6, 6.07) is 0. The van der Waals surface area contributed by atoms with E-state index in [4.69, 9.17) is 18.9 Å². The van der Waals surface area contributed by atoms with Crippen molar-refractivity contribution in [2.75, 3.05) is 13.2 Å². The van der Waals surface area contributed by atoms with Gasteiger partial charge in [0.05, 0.1) is 24.7 Å². The lowest BCUT2D eigenvalue weighted by Gasteiger charge is -2.70. The highest BCUT2D eigenvalue weighted by Crippen LogP contribution is 2.75. The lowest BCUT2D eigenvalue weighted by atomic mass is 9.34. The number of carbonyl (C=O) groups is 1. The van der Waals surface area contributed by atoms with Crippen LogP contribution in [-0.2, 0) is 23.7 Å². The van der Waals surface area contributed by atoms with E-state index >= 15 is 0 Å². The molecule has 4 saturated carbocycles. The van der Waals surface area contributed by atoms with E-state index in [9.17, 15) is 50.8 Å². The van der Waals surface area contributed by atoms with Gasteiger partial charge >= 0.3 is 5.97 Å². The molecule has 5 aliphatic carbocycles. The Labute approximate surface area is 323 Å². The van der Waals surface area contributed by atoms with Crippen molar-refractivity contribution in [1.82, 2.24) is 0 Å². The van der Waals surface area contributed by atoms with E-state index in [2.05, 4.69) is 47.3 Å². The number of hydrogen-bond donors (Lipinski definition) is 9. The van der Waals surface area contributed by atoms with Crippen LogP contribution in [0.25, 0.3) is 0 Å². The van der Waals surface area contributed by atoms with Crippen molar-refractivity contribution in [2.45, 2.75) is 166 Å². The fourth-order valence-electron chi connectivity index (χ4n) is 12.9. The van der Waals surface area contributed by atoms with Crippen molar-refractivity contribution in [3.8, 4) is 0 Å². The van der Waals surface area contributed by atoms with Gasteiger partial charge in [-0.2, -0.15) is 0 Å². The second-order valence-corrected chi connectivity index (χ2v) is 19.6. The normalized spacial score (nSPS) is 53.6. The molecule has 0 aromatic carbocycles. The first-order valence-corrected chi connectivity index (χ1v) is 20.2. The lowest BCUT2D eigenvalue weighted by molar-refractivity contribution is -0.373. The number of rotatable bonds is 7. The Balaban J connectivity index is 1.15. The molecule has 2 heterocycles. The summed E-state index contributed by atoms with van der Waals surface area (Å²) in [6.45, 7) is 14.6. The Morgan fingerprint density at radius 1 is 0.782 bits per heavy atom. The van der Waals surface area contributed by atoms with Crippen LogP contribution in [0.2, 0.25) is 0 Å². The Hall–Kier alpha value is -1.53. The second kappa shape index (κ2) is 14.3. The zero-order valence-corrected chi connectivity index (χ0v) is 32.8. The summed E-state index contributed by atoms with van der Waals surface area (Å²) in [4.78, 5) is 13.0. The number of carboxylic acids is 1. The van der Waals surface area contributed by atoms with Gasteiger partial charge in [0.25, 0.3) is 0 Å².